The molecule has 0 bridgehead atoms. The Labute approximate surface area is 62.6 Å². The molecule has 1 heterocycles. The Balaban J connectivity index is 3.17. The molecule has 3 N–H and O–H groups in total. The Morgan fingerprint density at radius 1 is 1.33 bits per heavy atom. The van der Waals surface area contributed by atoms with Crippen molar-refractivity contribution in [1.82, 2.24) is 0 Å². The van der Waals surface area contributed by atoms with Gasteiger partial charge in [-0.15, -0.1) is 0 Å². The molecule has 0 aliphatic carbocycles. The first-order chi connectivity index (χ1) is 4.20. The summed E-state index contributed by atoms with van der Waals surface area (Å²) in [6, 6.07) is 3.27. The van der Waals surface area contributed by atoms with Gasteiger partial charge in [0.25, 0.3) is 5.82 Å². The highest BCUT2D eigenvalue weighted by molar-refractivity contribution is 6.33. The maximum absolute atomic E-state index is 5.57. The standard InChI is InChI=1S/C5H4Cl2N2/c6-3-1-2-4(7)9-5(3)8/h1-2H,(H2,8,9)/p+1. The number of aromatic amines is 1. The summed E-state index contributed by atoms with van der Waals surface area (Å²) in [5.41, 5.74) is 5.35. The number of anilines is 1. The van der Waals surface area contributed by atoms with Gasteiger partial charge in [0.15, 0.2) is 5.15 Å². The van der Waals surface area contributed by atoms with Crippen molar-refractivity contribution in [3.8, 4) is 0 Å². The first-order valence-corrected chi connectivity index (χ1v) is 3.08. The monoisotopic (exact) mass is 163 g/mol. The van der Waals surface area contributed by atoms with Crippen molar-refractivity contribution in [2.75, 3.05) is 5.73 Å². The number of H-pyrrole nitrogens is 1. The lowest BCUT2D eigenvalue weighted by atomic mass is 10.5. The van der Waals surface area contributed by atoms with Crippen LogP contribution in [0.4, 0.5) is 5.82 Å². The normalized spacial score (nSPS) is 9.56. The number of rotatable bonds is 0. The molecule has 0 spiro atoms. The van der Waals surface area contributed by atoms with E-state index in [1.54, 1.807) is 12.1 Å². The molecule has 0 saturated heterocycles. The fraction of sp³-hybridized carbons (Fsp3) is 0. The molecule has 1 aromatic heterocycles. The van der Waals surface area contributed by atoms with Crippen LogP contribution in [0.1, 0.15) is 0 Å². The van der Waals surface area contributed by atoms with E-state index in [1.165, 1.54) is 0 Å². The maximum Gasteiger partial charge on any atom is 0.290 e. The predicted molar refractivity (Wildman–Crippen MR) is 37.4 cm³/mol. The van der Waals surface area contributed by atoms with Crippen LogP contribution in [0.15, 0.2) is 12.1 Å². The van der Waals surface area contributed by atoms with E-state index >= 15 is 0 Å². The van der Waals surface area contributed by atoms with Crippen LogP contribution in [-0.4, -0.2) is 0 Å². The fourth-order valence-corrected chi connectivity index (χ4v) is 0.741. The van der Waals surface area contributed by atoms with Gasteiger partial charge in [-0.1, -0.05) is 11.6 Å². The number of nitrogens with one attached hydrogen (secondary N) is 1. The van der Waals surface area contributed by atoms with Crippen molar-refractivity contribution >= 4 is 29.0 Å². The van der Waals surface area contributed by atoms with E-state index in [0.717, 1.165) is 0 Å². The molecule has 0 aliphatic rings. The molecule has 0 atom stereocenters. The van der Waals surface area contributed by atoms with Crippen molar-refractivity contribution in [1.29, 1.82) is 0 Å². The molecule has 0 amide bonds. The summed E-state index contributed by atoms with van der Waals surface area (Å²) in [5, 5.41) is 0.969. The molecule has 0 aromatic carbocycles. The molecule has 0 fully saturated rings. The zero-order chi connectivity index (χ0) is 6.85. The first-order valence-electron chi connectivity index (χ1n) is 2.33. The second kappa shape index (κ2) is 2.42. The summed E-state index contributed by atoms with van der Waals surface area (Å²) in [4.78, 5) is 2.65. The van der Waals surface area contributed by atoms with Gasteiger partial charge in [-0.25, -0.2) is 4.98 Å². The molecular weight excluding hydrogens is 159 g/mol. The minimum Gasteiger partial charge on any atom is -0.286 e. The number of pyridine rings is 1. The van der Waals surface area contributed by atoms with E-state index < -0.39 is 0 Å². The van der Waals surface area contributed by atoms with Crippen LogP contribution in [0, 0.1) is 0 Å². The van der Waals surface area contributed by atoms with Gasteiger partial charge in [0.2, 0.25) is 0 Å². The summed E-state index contributed by atoms with van der Waals surface area (Å²) in [7, 11) is 0. The second-order valence-electron chi connectivity index (χ2n) is 1.57. The van der Waals surface area contributed by atoms with Crippen molar-refractivity contribution in [3.63, 3.8) is 0 Å². The summed E-state index contributed by atoms with van der Waals surface area (Å²) >= 11 is 11.1. The lowest BCUT2D eigenvalue weighted by Crippen LogP contribution is -2.10. The molecule has 0 aliphatic heterocycles. The van der Waals surface area contributed by atoms with Gasteiger partial charge in [0.1, 0.15) is 5.02 Å². The Hall–Kier alpha value is -0.470. The minimum absolute atomic E-state index is 0.393. The van der Waals surface area contributed by atoms with Gasteiger partial charge in [-0.05, 0) is 23.7 Å². The third-order valence-electron chi connectivity index (χ3n) is 0.887. The number of aromatic nitrogens is 1. The van der Waals surface area contributed by atoms with Crippen molar-refractivity contribution in [3.05, 3.63) is 22.3 Å². The Bertz CT molecular complexity index is 224. The third kappa shape index (κ3) is 1.47. The van der Waals surface area contributed by atoms with Crippen LogP contribution in [-0.2, 0) is 0 Å². The molecule has 0 saturated carbocycles. The Kier molecular flexibility index (Phi) is 1.78. The Morgan fingerprint density at radius 3 is 2.44 bits per heavy atom. The average Bonchev–Trinajstić information content (AvgIpc) is 1.80. The molecule has 48 valence electrons. The van der Waals surface area contributed by atoms with Gasteiger partial charge in [-0.3, -0.25) is 5.73 Å². The minimum atomic E-state index is 0.393. The molecule has 4 heteroatoms. The highest BCUT2D eigenvalue weighted by Crippen LogP contribution is 2.13. The highest BCUT2D eigenvalue weighted by atomic mass is 35.5. The molecule has 1 rings (SSSR count). The zero-order valence-corrected chi connectivity index (χ0v) is 6.00. The van der Waals surface area contributed by atoms with E-state index in [1.807, 2.05) is 0 Å². The number of nitrogen functional groups attached to an aromatic ring is 1. The van der Waals surface area contributed by atoms with Gasteiger partial charge in [-0.2, -0.15) is 0 Å². The SMILES string of the molecule is Nc1[nH+]c(Cl)ccc1Cl. The van der Waals surface area contributed by atoms with Crippen molar-refractivity contribution < 1.29 is 4.98 Å². The molecular formula is C5H5Cl2N2+. The van der Waals surface area contributed by atoms with Gasteiger partial charge < -0.3 is 0 Å². The number of nitrogens with two attached hydrogens (primary N) is 1. The van der Waals surface area contributed by atoms with Crippen LogP contribution in [0.3, 0.4) is 0 Å². The predicted octanol–water partition coefficient (Wildman–Crippen LogP) is 1.39. The number of hydrogen-bond acceptors (Lipinski definition) is 1. The van der Waals surface area contributed by atoms with Crippen LogP contribution in [0.25, 0.3) is 0 Å². The van der Waals surface area contributed by atoms with E-state index in [2.05, 4.69) is 4.98 Å². The lowest BCUT2D eigenvalue weighted by molar-refractivity contribution is -0.357. The van der Waals surface area contributed by atoms with E-state index in [4.69, 9.17) is 28.9 Å². The molecule has 1 aromatic rings. The number of halogens is 2. The van der Waals surface area contributed by atoms with Crippen molar-refractivity contribution in [2.45, 2.75) is 0 Å². The fourth-order valence-electron chi connectivity index (χ4n) is 0.466. The zero-order valence-electron chi connectivity index (χ0n) is 4.49. The Morgan fingerprint density at radius 2 is 2.00 bits per heavy atom. The maximum atomic E-state index is 5.57. The van der Waals surface area contributed by atoms with Crippen LogP contribution in [0.5, 0.6) is 0 Å². The third-order valence-corrected chi connectivity index (χ3v) is 1.44. The van der Waals surface area contributed by atoms with E-state index in [9.17, 15) is 0 Å². The highest BCUT2D eigenvalue weighted by Gasteiger charge is 2.01. The van der Waals surface area contributed by atoms with E-state index in [-0.39, 0.29) is 0 Å². The summed E-state index contributed by atoms with van der Waals surface area (Å²) < 4.78 is 0. The smallest absolute Gasteiger partial charge is 0.286 e. The largest absolute Gasteiger partial charge is 0.290 e. The summed E-state index contributed by atoms with van der Waals surface area (Å²) in [6.45, 7) is 0. The molecule has 0 radical (unpaired) electrons. The lowest BCUT2D eigenvalue weighted by Gasteiger charge is -1.88. The van der Waals surface area contributed by atoms with Gasteiger partial charge in [0.05, 0.1) is 0 Å². The molecule has 9 heavy (non-hydrogen) atoms. The van der Waals surface area contributed by atoms with Gasteiger partial charge in [0, 0.05) is 0 Å². The van der Waals surface area contributed by atoms with Crippen LogP contribution in [0.2, 0.25) is 10.2 Å². The molecule has 0 unspecified atom stereocenters. The quantitative estimate of drug-likeness (QED) is 0.578. The second-order valence-corrected chi connectivity index (χ2v) is 2.38. The topological polar surface area (TPSA) is 40.2 Å². The van der Waals surface area contributed by atoms with Crippen molar-refractivity contribution in [2.24, 2.45) is 0 Å². The summed E-state index contributed by atoms with van der Waals surface area (Å²) in [5.74, 6) is 0.393. The van der Waals surface area contributed by atoms with Crippen LogP contribution >= 0.6 is 23.2 Å². The molecule has 2 nitrogen and oxygen atoms in total. The average molecular weight is 164 g/mol. The summed E-state index contributed by atoms with van der Waals surface area (Å²) in [6.07, 6.45) is 0. The number of hydrogen-bond donors (Lipinski definition) is 1. The van der Waals surface area contributed by atoms with Gasteiger partial charge >= 0.3 is 0 Å². The van der Waals surface area contributed by atoms with E-state index in [0.29, 0.717) is 16.0 Å². The first kappa shape index (κ1) is 6.65. The van der Waals surface area contributed by atoms with Crippen LogP contribution < -0.4 is 10.7 Å².